The van der Waals surface area contributed by atoms with E-state index in [9.17, 15) is 14.9 Å². The molecule has 0 unspecified atom stereocenters. The van der Waals surface area contributed by atoms with Crippen molar-refractivity contribution in [1.82, 2.24) is 4.90 Å². The van der Waals surface area contributed by atoms with Crippen molar-refractivity contribution in [3.05, 3.63) is 33.9 Å². The van der Waals surface area contributed by atoms with E-state index >= 15 is 0 Å². The fourth-order valence-electron chi connectivity index (χ4n) is 1.38. The van der Waals surface area contributed by atoms with E-state index < -0.39 is 4.92 Å². The first kappa shape index (κ1) is 14.4. The van der Waals surface area contributed by atoms with Gasteiger partial charge in [0, 0.05) is 19.7 Å². The van der Waals surface area contributed by atoms with Crippen molar-refractivity contribution in [3.63, 3.8) is 0 Å². The SMILES string of the molecule is CCN(C)C(=O)CNc1ccc(C#N)cc1[N+](=O)[O-]. The van der Waals surface area contributed by atoms with Crippen LogP contribution < -0.4 is 5.32 Å². The predicted octanol–water partition coefficient (Wildman–Crippen LogP) is 1.36. The maximum atomic E-state index is 11.6. The molecule has 0 radical (unpaired) electrons. The number of nitro benzene ring substituents is 1. The number of hydrogen-bond donors (Lipinski definition) is 1. The summed E-state index contributed by atoms with van der Waals surface area (Å²) in [5, 5.41) is 22.3. The summed E-state index contributed by atoms with van der Waals surface area (Å²) in [6.45, 7) is 2.37. The van der Waals surface area contributed by atoms with Crippen LogP contribution in [0.1, 0.15) is 12.5 Å². The zero-order chi connectivity index (χ0) is 14.4. The first-order chi connectivity index (χ1) is 8.99. The average molecular weight is 262 g/mol. The number of anilines is 1. The third-order valence-corrected chi connectivity index (χ3v) is 2.65. The van der Waals surface area contributed by atoms with Crippen LogP contribution in [-0.4, -0.2) is 35.9 Å². The Kier molecular flexibility index (Phi) is 4.83. The highest BCUT2D eigenvalue weighted by Gasteiger charge is 2.16. The van der Waals surface area contributed by atoms with E-state index in [1.165, 1.54) is 23.1 Å². The zero-order valence-corrected chi connectivity index (χ0v) is 10.7. The highest BCUT2D eigenvalue weighted by molar-refractivity contribution is 5.81. The predicted molar refractivity (Wildman–Crippen MR) is 69.6 cm³/mol. The van der Waals surface area contributed by atoms with Crippen molar-refractivity contribution in [2.45, 2.75) is 6.92 Å². The standard InChI is InChI=1S/C12H14N4O3/c1-3-15(2)12(17)8-14-10-5-4-9(7-13)6-11(10)16(18)19/h4-6,14H,3,8H2,1-2H3. The van der Waals surface area contributed by atoms with Crippen LogP contribution >= 0.6 is 0 Å². The van der Waals surface area contributed by atoms with Crippen LogP contribution in [-0.2, 0) is 4.79 Å². The average Bonchev–Trinajstić information content (AvgIpc) is 2.43. The van der Waals surface area contributed by atoms with Crippen molar-refractivity contribution in [3.8, 4) is 6.07 Å². The molecule has 100 valence electrons. The van der Waals surface area contributed by atoms with Crippen LogP contribution in [0, 0.1) is 21.4 Å². The summed E-state index contributed by atoms with van der Waals surface area (Å²) in [5.74, 6) is -0.166. The molecule has 1 N–H and O–H groups in total. The van der Waals surface area contributed by atoms with E-state index in [4.69, 9.17) is 5.26 Å². The van der Waals surface area contributed by atoms with Crippen molar-refractivity contribution < 1.29 is 9.72 Å². The molecule has 1 aromatic carbocycles. The Balaban J connectivity index is 2.87. The lowest BCUT2D eigenvalue weighted by Crippen LogP contribution is -2.31. The van der Waals surface area contributed by atoms with Gasteiger partial charge in [0.2, 0.25) is 5.91 Å². The molecule has 0 saturated carbocycles. The van der Waals surface area contributed by atoms with Crippen molar-refractivity contribution >= 4 is 17.3 Å². The number of nitro groups is 1. The van der Waals surface area contributed by atoms with Gasteiger partial charge in [0.1, 0.15) is 5.69 Å². The largest absolute Gasteiger partial charge is 0.371 e. The van der Waals surface area contributed by atoms with Gasteiger partial charge in [-0.1, -0.05) is 0 Å². The molecule has 0 fully saturated rings. The Morgan fingerprint density at radius 1 is 1.58 bits per heavy atom. The minimum atomic E-state index is -0.586. The number of rotatable bonds is 5. The highest BCUT2D eigenvalue weighted by Crippen LogP contribution is 2.25. The van der Waals surface area contributed by atoms with Gasteiger partial charge in [-0.15, -0.1) is 0 Å². The number of likely N-dealkylation sites (N-methyl/N-ethyl adjacent to an activating group) is 1. The number of amides is 1. The second kappa shape index (κ2) is 6.35. The number of carbonyl (C=O) groups is 1. The third kappa shape index (κ3) is 3.67. The monoisotopic (exact) mass is 262 g/mol. The lowest BCUT2D eigenvalue weighted by Gasteiger charge is -2.15. The molecule has 0 aliphatic rings. The van der Waals surface area contributed by atoms with Crippen molar-refractivity contribution in [2.75, 3.05) is 25.5 Å². The van der Waals surface area contributed by atoms with E-state index in [0.29, 0.717) is 6.54 Å². The molecule has 0 atom stereocenters. The molecule has 1 aromatic rings. The van der Waals surface area contributed by atoms with Gasteiger partial charge in [0.05, 0.1) is 23.1 Å². The van der Waals surface area contributed by atoms with E-state index in [2.05, 4.69) is 5.32 Å². The molecule has 0 saturated heterocycles. The maximum Gasteiger partial charge on any atom is 0.293 e. The van der Waals surface area contributed by atoms with Gasteiger partial charge in [-0.2, -0.15) is 5.26 Å². The molecule has 0 bridgehead atoms. The van der Waals surface area contributed by atoms with E-state index in [0.717, 1.165) is 0 Å². The molecule has 1 amide bonds. The van der Waals surface area contributed by atoms with Crippen LogP contribution in [0.4, 0.5) is 11.4 Å². The second-order valence-electron chi connectivity index (χ2n) is 3.86. The molecule has 0 spiro atoms. The van der Waals surface area contributed by atoms with Gasteiger partial charge < -0.3 is 10.2 Å². The van der Waals surface area contributed by atoms with Crippen molar-refractivity contribution in [2.24, 2.45) is 0 Å². The Morgan fingerprint density at radius 2 is 2.26 bits per heavy atom. The quantitative estimate of drug-likeness (QED) is 0.638. The van der Waals surface area contributed by atoms with Crippen LogP contribution in [0.3, 0.4) is 0 Å². The minimum absolute atomic E-state index is 0.0307. The van der Waals surface area contributed by atoms with Gasteiger partial charge in [0.25, 0.3) is 5.69 Å². The second-order valence-corrected chi connectivity index (χ2v) is 3.86. The number of nitriles is 1. The van der Waals surface area contributed by atoms with Gasteiger partial charge in [-0.05, 0) is 19.1 Å². The fraction of sp³-hybridized carbons (Fsp3) is 0.333. The minimum Gasteiger partial charge on any atom is -0.371 e. The molecule has 1 rings (SSSR count). The molecule has 19 heavy (non-hydrogen) atoms. The summed E-state index contributed by atoms with van der Waals surface area (Å²) in [7, 11) is 1.65. The molecule has 0 aromatic heterocycles. The first-order valence-corrected chi connectivity index (χ1v) is 5.66. The number of benzene rings is 1. The van der Waals surface area contributed by atoms with Gasteiger partial charge >= 0.3 is 0 Å². The van der Waals surface area contributed by atoms with Crippen LogP contribution in [0.25, 0.3) is 0 Å². The molecule has 7 nitrogen and oxygen atoms in total. The molecule has 0 heterocycles. The molecular formula is C12H14N4O3. The first-order valence-electron chi connectivity index (χ1n) is 5.66. The highest BCUT2D eigenvalue weighted by atomic mass is 16.6. The lowest BCUT2D eigenvalue weighted by atomic mass is 10.2. The van der Waals surface area contributed by atoms with E-state index in [1.807, 2.05) is 13.0 Å². The number of carbonyl (C=O) groups excluding carboxylic acids is 1. The van der Waals surface area contributed by atoms with E-state index in [1.54, 1.807) is 7.05 Å². The summed E-state index contributed by atoms with van der Waals surface area (Å²) in [5.41, 5.74) is 0.210. The summed E-state index contributed by atoms with van der Waals surface area (Å²) < 4.78 is 0. The Hall–Kier alpha value is -2.62. The summed E-state index contributed by atoms with van der Waals surface area (Å²) in [4.78, 5) is 23.4. The van der Waals surface area contributed by atoms with E-state index in [-0.39, 0.29) is 29.4 Å². The Labute approximate surface area is 110 Å². The Bertz CT molecular complexity index is 536. The smallest absolute Gasteiger partial charge is 0.293 e. The fourth-order valence-corrected chi connectivity index (χ4v) is 1.38. The molecule has 0 aliphatic heterocycles. The number of nitrogens with zero attached hydrogens (tertiary/aromatic N) is 3. The van der Waals surface area contributed by atoms with Gasteiger partial charge in [0.15, 0.2) is 0 Å². The van der Waals surface area contributed by atoms with Crippen molar-refractivity contribution in [1.29, 1.82) is 5.26 Å². The Morgan fingerprint density at radius 3 is 2.79 bits per heavy atom. The molecule has 0 aliphatic carbocycles. The summed E-state index contributed by atoms with van der Waals surface area (Å²) in [6, 6.07) is 5.90. The molecule has 7 heteroatoms. The maximum absolute atomic E-state index is 11.6. The summed E-state index contributed by atoms with van der Waals surface area (Å²) in [6.07, 6.45) is 0. The third-order valence-electron chi connectivity index (χ3n) is 2.65. The molecular weight excluding hydrogens is 248 g/mol. The van der Waals surface area contributed by atoms with Gasteiger partial charge in [-0.25, -0.2) is 0 Å². The topological polar surface area (TPSA) is 99.3 Å². The van der Waals surface area contributed by atoms with Crippen LogP contribution in [0.15, 0.2) is 18.2 Å². The van der Waals surface area contributed by atoms with Crippen LogP contribution in [0.5, 0.6) is 0 Å². The number of hydrogen-bond acceptors (Lipinski definition) is 5. The number of nitrogens with one attached hydrogen (secondary N) is 1. The normalized spacial score (nSPS) is 9.53. The van der Waals surface area contributed by atoms with Crippen LogP contribution in [0.2, 0.25) is 0 Å². The zero-order valence-electron chi connectivity index (χ0n) is 10.7. The summed E-state index contributed by atoms with van der Waals surface area (Å²) >= 11 is 0. The lowest BCUT2D eigenvalue weighted by molar-refractivity contribution is -0.384. The van der Waals surface area contributed by atoms with Gasteiger partial charge in [-0.3, -0.25) is 14.9 Å².